The molecule has 0 saturated carbocycles. The lowest BCUT2D eigenvalue weighted by molar-refractivity contribution is -0.172. The van der Waals surface area contributed by atoms with Crippen LogP contribution in [-0.4, -0.2) is 27.2 Å². The first kappa shape index (κ1) is 21.4. The number of hydrogen-bond donors (Lipinski definition) is 2. The van der Waals surface area contributed by atoms with Crippen molar-refractivity contribution in [3.63, 3.8) is 0 Å². The van der Waals surface area contributed by atoms with Gasteiger partial charge in [0.1, 0.15) is 12.4 Å². The van der Waals surface area contributed by atoms with Crippen LogP contribution in [0.25, 0.3) is 22.3 Å². The fraction of sp³-hybridized carbons (Fsp3) is 0.423. The van der Waals surface area contributed by atoms with Gasteiger partial charge in [-0.1, -0.05) is 13.8 Å². The Balaban J connectivity index is 1.69. The Morgan fingerprint density at radius 1 is 1.26 bits per heavy atom. The maximum Gasteiger partial charge on any atom is 0.343 e. The highest BCUT2D eigenvalue weighted by atomic mass is 19.1. The van der Waals surface area contributed by atoms with Crippen LogP contribution < -0.4 is 10.9 Å². The third-order valence-electron chi connectivity index (χ3n) is 7.83. The summed E-state index contributed by atoms with van der Waals surface area (Å²) in [6, 6.07) is 3.25. The Bertz CT molecular complexity index is 1480. The van der Waals surface area contributed by atoms with Crippen LogP contribution in [0.4, 0.5) is 4.39 Å². The molecule has 6 rings (SSSR count). The molecule has 7 nitrogen and oxygen atoms in total. The van der Waals surface area contributed by atoms with Gasteiger partial charge in [-0.3, -0.25) is 4.79 Å². The predicted molar refractivity (Wildman–Crippen MR) is 124 cm³/mol. The number of hydrogen-bond acceptors (Lipinski definition) is 6. The standard InChI is InChI=1S/C26H26FN3O4/c1-4-26(33)16-8-20-23-14(10-30(20)24(31)15(16)11-34-25(26)32)22-18(28-5-2)7-6-13-12(3)17(27)9-19(29-23)21(13)22/h8-9,18,28,33H,4-7,10-11H2,1-3H3/t18-,26-/m0/s1. The minimum Gasteiger partial charge on any atom is -0.458 e. The first-order valence-corrected chi connectivity index (χ1v) is 11.8. The first-order valence-electron chi connectivity index (χ1n) is 11.8. The van der Waals surface area contributed by atoms with Crippen LogP contribution in [0.15, 0.2) is 16.9 Å². The number of cyclic esters (lactones) is 1. The van der Waals surface area contributed by atoms with E-state index in [0.29, 0.717) is 34.6 Å². The molecule has 1 aliphatic carbocycles. The molecular weight excluding hydrogens is 437 g/mol. The number of nitrogens with zero attached hydrogens (tertiary/aromatic N) is 2. The van der Waals surface area contributed by atoms with Crippen molar-refractivity contribution in [1.29, 1.82) is 0 Å². The lowest BCUT2D eigenvalue weighted by atomic mass is 9.81. The Kier molecular flexibility index (Phi) is 4.54. The van der Waals surface area contributed by atoms with Crippen LogP contribution in [0.2, 0.25) is 0 Å². The van der Waals surface area contributed by atoms with Crippen molar-refractivity contribution in [3.8, 4) is 11.4 Å². The number of esters is 1. The minimum absolute atomic E-state index is 0.0683. The number of aliphatic hydroxyl groups is 1. The number of aromatic nitrogens is 2. The monoisotopic (exact) mass is 463 g/mol. The lowest BCUT2D eigenvalue weighted by Crippen LogP contribution is -2.44. The van der Waals surface area contributed by atoms with Gasteiger partial charge in [-0.05, 0) is 55.5 Å². The van der Waals surface area contributed by atoms with Gasteiger partial charge in [-0.25, -0.2) is 14.2 Å². The predicted octanol–water partition coefficient (Wildman–Crippen LogP) is 3.12. The van der Waals surface area contributed by atoms with E-state index in [1.807, 2.05) is 6.92 Å². The van der Waals surface area contributed by atoms with Crippen molar-refractivity contribution < 1.29 is 19.0 Å². The van der Waals surface area contributed by atoms with Gasteiger partial charge < -0.3 is 19.7 Å². The quantitative estimate of drug-likeness (QED) is 0.454. The molecule has 4 heterocycles. The maximum absolute atomic E-state index is 14.8. The zero-order valence-corrected chi connectivity index (χ0v) is 19.4. The number of halogens is 1. The molecule has 0 fully saturated rings. The summed E-state index contributed by atoms with van der Waals surface area (Å²) in [6.45, 7) is 6.50. The zero-order chi connectivity index (χ0) is 23.9. The molecule has 34 heavy (non-hydrogen) atoms. The smallest absolute Gasteiger partial charge is 0.343 e. The van der Waals surface area contributed by atoms with Crippen LogP contribution in [0.5, 0.6) is 0 Å². The first-order chi connectivity index (χ1) is 16.3. The summed E-state index contributed by atoms with van der Waals surface area (Å²) in [4.78, 5) is 30.8. The van der Waals surface area contributed by atoms with Crippen molar-refractivity contribution in [2.24, 2.45) is 0 Å². The third kappa shape index (κ3) is 2.61. The van der Waals surface area contributed by atoms with E-state index in [1.54, 1.807) is 17.6 Å². The molecule has 176 valence electrons. The Morgan fingerprint density at radius 3 is 2.79 bits per heavy atom. The normalized spacial score (nSPS) is 22.4. The van der Waals surface area contributed by atoms with E-state index < -0.39 is 11.6 Å². The second-order valence-electron chi connectivity index (χ2n) is 9.46. The average molecular weight is 464 g/mol. The molecule has 3 aromatic rings. The van der Waals surface area contributed by atoms with Gasteiger partial charge in [-0.2, -0.15) is 0 Å². The second kappa shape index (κ2) is 7.20. The van der Waals surface area contributed by atoms with Crippen LogP contribution in [0, 0.1) is 12.7 Å². The van der Waals surface area contributed by atoms with Gasteiger partial charge in [0, 0.05) is 28.6 Å². The van der Waals surface area contributed by atoms with E-state index in [-0.39, 0.29) is 36.0 Å². The number of nitrogens with one attached hydrogen (secondary N) is 1. The molecule has 0 saturated heterocycles. The highest BCUT2D eigenvalue weighted by molar-refractivity contribution is 5.93. The Labute approximate surface area is 195 Å². The molecule has 3 aliphatic rings. The molecule has 0 spiro atoms. The second-order valence-corrected chi connectivity index (χ2v) is 9.46. The highest BCUT2D eigenvalue weighted by Gasteiger charge is 2.45. The van der Waals surface area contributed by atoms with Crippen molar-refractivity contribution in [2.45, 2.75) is 64.8 Å². The van der Waals surface area contributed by atoms with Gasteiger partial charge in [0.25, 0.3) is 5.56 Å². The Hall–Kier alpha value is -3.10. The summed E-state index contributed by atoms with van der Waals surface area (Å²) < 4.78 is 21.6. The van der Waals surface area contributed by atoms with Crippen LogP contribution in [-0.2, 0) is 34.7 Å². The summed E-state index contributed by atoms with van der Waals surface area (Å²) in [7, 11) is 0. The van der Waals surface area contributed by atoms with Crippen molar-refractivity contribution in [3.05, 3.63) is 61.7 Å². The number of carbonyl (C=O) groups is 1. The number of rotatable bonds is 3. The number of ether oxygens (including phenoxy) is 1. The number of carbonyl (C=O) groups excluding carboxylic acids is 1. The van der Waals surface area contributed by atoms with Crippen molar-refractivity contribution >= 4 is 16.9 Å². The van der Waals surface area contributed by atoms with E-state index in [9.17, 15) is 19.1 Å². The number of pyridine rings is 2. The van der Waals surface area contributed by atoms with Crippen LogP contribution >= 0.6 is 0 Å². The topological polar surface area (TPSA) is 93.5 Å². The lowest BCUT2D eigenvalue weighted by Gasteiger charge is -2.31. The van der Waals surface area contributed by atoms with Gasteiger partial charge in [0.05, 0.1) is 29.0 Å². The van der Waals surface area contributed by atoms with Gasteiger partial charge in [0.15, 0.2) is 5.60 Å². The van der Waals surface area contributed by atoms with Crippen molar-refractivity contribution in [2.75, 3.05) is 6.54 Å². The molecule has 2 N–H and O–H groups in total. The van der Waals surface area contributed by atoms with E-state index >= 15 is 0 Å². The molecule has 2 aromatic heterocycles. The van der Waals surface area contributed by atoms with Gasteiger partial charge >= 0.3 is 5.97 Å². The molecular formula is C26H26FN3O4. The Morgan fingerprint density at radius 2 is 2.06 bits per heavy atom. The molecule has 0 bridgehead atoms. The fourth-order valence-electron chi connectivity index (χ4n) is 6.01. The van der Waals surface area contributed by atoms with Crippen molar-refractivity contribution in [1.82, 2.24) is 14.9 Å². The molecule has 1 aromatic carbocycles. The van der Waals surface area contributed by atoms with Crippen LogP contribution in [0.3, 0.4) is 0 Å². The third-order valence-corrected chi connectivity index (χ3v) is 7.83. The van der Waals surface area contributed by atoms with E-state index in [4.69, 9.17) is 9.72 Å². The molecule has 2 aliphatic heterocycles. The fourth-order valence-corrected chi connectivity index (χ4v) is 6.01. The largest absolute Gasteiger partial charge is 0.458 e. The molecule has 2 atom stereocenters. The molecule has 0 unspecified atom stereocenters. The minimum atomic E-state index is -1.88. The van der Waals surface area contributed by atoms with Gasteiger partial charge in [-0.15, -0.1) is 0 Å². The number of aryl methyl sites for hydroxylation is 1. The maximum atomic E-state index is 14.8. The number of benzene rings is 1. The average Bonchev–Trinajstić information content (AvgIpc) is 3.19. The van der Waals surface area contributed by atoms with E-state index in [2.05, 4.69) is 12.2 Å². The van der Waals surface area contributed by atoms with E-state index in [1.165, 1.54) is 6.07 Å². The zero-order valence-electron chi connectivity index (χ0n) is 19.4. The number of fused-ring (bicyclic) bond motifs is 5. The van der Waals surface area contributed by atoms with Gasteiger partial charge in [0.2, 0.25) is 0 Å². The molecule has 0 amide bonds. The summed E-state index contributed by atoms with van der Waals surface area (Å²) in [5.41, 5.74) is 3.78. The summed E-state index contributed by atoms with van der Waals surface area (Å²) in [6.07, 6.45) is 1.67. The SMILES string of the molecule is CCN[C@H]1CCc2c(C)c(F)cc3nc4c(c1c23)Cn1c-4cc2c(c1=O)COC(=O)[C@]2(O)CC. The summed E-state index contributed by atoms with van der Waals surface area (Å²) >= 11 is 0. The van der Waals surface area contributed by atoms with Crippen LogP contribution in [0.1, 0.15) is 66.1 Å². The highest BCUT2D eigenvalue weighted by Crippen LogP contribution is 2.45. The summed E-state index contributed by atoms with van der Waals surface area (Å²) in [5.74, 6) is -1.03. The summed E-state index contributed by atoms with van der Waals surface area (Å²) in [5, 5.41) is 15.6. The molecule has 8 heteroatoms. The van der Waals surface area contributed by atoms with E-state index in [0.717, 1.165) is 41.5 Å². The molecule has 0 radical (unpaired) electrons.